The summed E-state index contributed by atoms with van der Waals surface area (Å²) in [6, 6.07) is 25.3. The number of nitrogens with zero attached hydrogens (tertiary/aromatic N) is 4. The molecule has 1 aliphatic heterocycles. The monoisotopic (exact) mass is 578 g/mol. The molecule has 0 radical (unpaired) electrons. The van der Waals surface area contributed by atoms with Crippen molar-refractivity contribution in [3.05, 3.63) is 127 Å². The molecule has 11 nitrogen and oxygen atoms in total. The van der Waals surface area contributed by atoms with Gasteiger partial charge in [0.2, 0.25) is 0 Å². The Balaban J connectivity index is 1.40. The fraction of sp³-hybridized carbons (Fsp3) is 0.188. The number of hydrogen-bond donors (Lipinski definition) is 0. The molecule has 216 valence electrons. The second-order valence-electron chi connectivity index (χ2n) is 10.0. The zero-order chi connectivity index (χ0) is 29.8. The van der Waals surface area contributed by atoms with Crippen molar-refractivity contribution in [3.63, 3.8) is 0 Å². The van der Waals surface area contributed by atoms with Crippen molar-refractivity contribution in [2.45, 2.75) is 31.0 Å². The van der Waals surface area contributed by atoms with Crippen molar-refractivity contribution < 1.29 is 33.3 Å². The molecule has 1 fully saturated rings. The summed E-state index contributed by atoms with van der Waals surface area (Å²) in [6.45, 7) is 1.30. The van der Waals surface area contributed by atoms with Gasteiger partial charge in [0.1, 0.15) is 24.6 Å². The van der Waals surface area contributed by atoms with E-state index in [4.69, 9.17) is 18.9 Å². The third-order valence-electron chi connectivity index (χ3n) is 7.14. The van der Waals surface area contributed by atoms with Crippen LogP contribution in [0.2, 0.25) is 0 Å². The lowest BCUT2D eigenvalue weighted by Crippen LogP contribution is -2.50. The third kappa shape index (κ3) is 5.57. The molecule has 5 aromatic rings. The predicted octanol–water partition coefficient (Wildman–Crippen LogP) is 4.42. The number of carbonyl (C=O) groups is 3. The predicted molar refractivity (Wildman–Crippen MR) is 152 cm³/mol. The fourth-order valence-electron chi connectivity index (χ4n) is 5.01. The van der Waals surface area contributed by atoms with E-state index >= 15 is 0 Å². The highest BCUT2D eigenvalue weighted by Crippen LogP contribution is 2.44. The Kier molecular flexibility index (Phi) is 7.63. The van der Waals surface area contributed by atoms with Gasteiger partial charge in [-0.2, -0.15) is 0 Å². The molecule has 43 heavy (non-hydrogen) atoms. The van der Waals surface area contributed by atoms with Crippen LogP contribution in [0.25, 0.3) is 11.2 Å². The van der Waals surface area contributed by atoms with Crippen LogP contribution in [0.3, 0.4) is 0 Å². The van der Waals surface area contributed by atoms with Crippen molar-refractivity contribution in [1.82, 2.24) is 19.5 Å². The quantitative estimate of drug-likeness (QED) is 0.193. The van der Waals surface area contributed by atoms with Crippen molar-refractivity contribution in [1.29, 1.82) is 0 Å². The molecule has 0 spiro atoms. The second kappa shape index (κ2) is 11.8. The maximum atomic E-state index is 13.5. The number of hydrogen-bond acceptors (Lipinski definition) is 10. The average Bonchev–Trinajstić information content (AvgIpc) is 3.59. The summed E-state index contributed by atoms with van der Waals surface area (Å²) in [4.78, 5) is 52.5. The first kappa shape index (κ1) is 27.7. The number of rotatable bonds is 8. The summed E-state index contributed by atoms with van der Waals surface area (Å²) in [5, 5.41) is 0. The van der Waals surface area contributed by atoms with Gasteiger partial charge in [0.25, 0.3) is 0 Å². The molecule has 4 atom stereocenters. The van der Waals surface area contributed by atoms with Crippen molar-refractivity contribution in [3.8, 4) is 0 Å². The van der Waals surface area contributed by atoms with Gasteiger partial charge < -0.3 is 18.9 Å². The van der Waals surface area contributed by atoms with Crippen LogP contribution in [0.5, 0.6) is 0 Å². The summed E-state index contributed by atoms with van der Waals surface area (Å²) < 4.78 is 25.8. The minimum atomic E-state index is -1.64. The summed E-state index contributed by atoms with van der Waals surface area (Å²) >= 11 is 0. The average molecular weight is 579 g/mol. The summed E-state index contributed by atoms with van der Waals surface area (Å²) in [5.41, 5.74) is 0.137. The van der Waals surface area contributed by atoms with E-state index in [0.29, 0.717) is 16.7 Å². The lowest BCUT2D eigenvalue weighted by atomic mass is 9.95. The van der Waals surface area contributed by atoms with E-state index in [-0.39, 0.29) is 17.7 Å². The lowest BCUT2D eigenvalue weighted by molar-refractivity contribution is -0.108. The van der Waals surface area contributed by atoms with Gasteiger partial charge >= 0.3 is 17.9 Å². The Hall–Kier alpha value is -5.42. The van der Waals surface area contributed by atoms with E-state index < -0.39 is 41.9 Å². The second-order valence-corrected chi connectivity index (χ2v) is 10.0. The minimum Gasteiger partial charge on any atom is -0.459 e. The Labute approximate surface area is 246 Å². The Morgan fingerprint density at radius 2 is 1.40 bits per heavy atom. The zero-order valence-electron chi connectivity index (χ0n) is 23.0. The van der Waals surface area contributed by atoms with Crippen molar-refractivity contribution in [2.24, 2.45) is 0 Å². The van der Waals surface area contributed by atoms with E-state index in [1.54, 1.807) is 102 Å². The third-order valence-corrected chi connectivity index (χ3v) is 7.14. The summed E-state index contributed by atoms with van der Waals surface area (Å²) in [6.07, 6.45) is 1.02. The molecule has 0 saturated carbocycles. The van der Waals surface area contributed by atoms with E-state index in [2.05, 4.69) is 15.0 Å². The number of imidazole rings is 1. The van der Waals surface area contributed by atoms with Crippen LogP contribution in [0.4, 0.5) is 0 Å². The van der Waals surface area contributed by atoms with Crippen LogP contribution in [0.1, 0.15) is 44.2 Å². The standard InChI is InChI=1S/C32H26N4O7/c1-32(43-30(39)23-15-9-4-10-16-23)26(42-29(38)22-13-7-3-8-14-22)25(18-40-28(37)21-11-5-2-6-12-21)41-31(32)36-20-35-24-17-33-19-34-27(24)36/h2-17,19-20,25-26,31H,18H2,1H3/t25-,26?,31-,32+/m1/s1. The molecule has 3 aromatic carbocycles. The molecule has 6 rings (SSSR count). The molecule has 0 aliphatic carbocycles. The molecule has 0 amide bonds. The largest absolute Gasteiger partial charge is 0.459 e. The fourth-order valence-corrected chi connectivity index (χ4v) is 5.01. The molecule has 0 N–H and O–H groups in total. The molecule has 0 bridgehead atoms. The normalized spacial score (nSPS) is 21.3. The Morgan fingerprint density at radius 3 is 2.02 bits per heavy atom. The number of esters is 3. The number of benzene rings is 3. The molecule has 3 heterocycles. The first-order chi connectivity index (χ1) is 20.9. The van der Waals surface area contributed by atoms with Gasteiger partial charge in [0, 0.05) is 0 Å². The molecule has 1 aliphatic rings. The van der Waals surface area contributed by atoms with Crippen LogP contribution in [0.15, 0.2) is 110 Å². The van der Waals surface area contributed by atoms with Crippen LogP contribution in [0, 0.1) is 0 Å². The lowest BCUT2D eigenvalue weighted by Gasteiger charge is -2.34. The Bertz CT molecular complexity index is 1750. The molecule has 11 heteroatoms. The van der Waals surface area contributed by atoms with E-state index in [1.165, 1.54) is 18.9 Å². The smallest absolute Gasteiger partial charge is 0.338 e. The molecule has 1 unspecified atom stereocenters. The number of carbonyl (C=O) groups excluding carboxylic acids is 3. The topological polar surface area (TPSA) is 132 Å². The molecular formula is C32H26N4O7. The molecule has 1 saturated heterocycles. The van der Waals surface area contributed by atoms with Gasteiger partial charge in [-0.15, -0.1) is 0 Å². The molecular weight excluding hydrogens is 552 g/mol. The van der Waals surface area contributed by atoms with E-state index in [9.17, 15) is 14.4 Å². The van der Waals surface area contributed by atoms with E-state index in [1.807, 2.05) is 0 Å². The van der Waals surface area contributed by atoms with Crippen molar-refractivity contribution in [2.75, 3.05) is 6.61 Å². The van der Waals surface area contributed by atoms with Crippen LogP contribution < -0.4 is 0 Å². The highest BCUT2D eigenvalue weighted by atomic mass is 16.7. The Morgan fingerprint density at radius 1 is 0.814 bits per heavy atom. The minimum absolute atomic E-state index is 0.281. The SMILES string of the molecule is C[C@]1(OC(=O)c2ccccc2)C(OC(=O)c2ccccc2)[C@@H](COC(=O)c2ccccc2)O[C@H]1n1cnc2cncnc21. The zero-order valence-corrected chi connectivity index (χ0v) is 23.0. The van der Waals surface area contributed by atoms with Gasteiger partial charge in [0.15, 0.2) is 23.6 Å². The number of fused-ring (bicyclic) bond motifs is 1. The summed E-state index contributed by atoms with van der Waals surface area (Å²) in [5.74, 6) is -1.93. The van der Waals surface area contributed by atoms with Crippen LogP contribution in [-0.2, 0) is 18.9 Å². The van der Waals surface area contributed by atoms with E-state index in [0.717, 1.165) is 0 Å². The maximum absolute atomic E-state index is 13.5. The van der Waals surface area contributed by atoms with Crippen LogP contribution in [-0.4, -0.2) is 61.8 Å². The van der Waals surface area contributed by atoms with Gasteiger partial charge in [0.05, 0.1) is 29.2 Å². The highest BCUT2D eigenvalue weighted by molar-refractivity contribution is 5.91. The van der Waals surface area contributed by atoms with Gasteiger partial charge in [-0.3, -0.25) is 4.57 Å². The van der Waals surface area contributed by atoms with Crippen LogP contribution >= 0.6 is 0 Å². The molecule has 2 aromatic heterocycles. The number of ether oxygens (including phenoxy) is 4. The first-order valence-electron chi connectivity index (χ1n) is 13.5. The van der Waals surface area contributed by atoms with Gasteiger partial charge in [-0.1, -0.05) is 54.6 Å². The van der Waals surface area contributed by atoms with Crippen molar-refractivity contribution >= 4 is 29.1 Å². The maximum Gasteiger partial charge on any atom is 0.338 e. The first-order valence-corrected chi connectivity index (χ1v) is 13.5. The summed E-state index contributed by atoms with van der Waals surface area (Å²) in [7, 11) is 0. The van der Waals surface area contributed by atoms with Gasteiger partial charge in [-0.05, 0) is 43.3 Å². The van der Waals surface area contributed by atoms with Gasteiger partial charge in [-0.25, -0.2) is 29.3 Å². The number of aromatic nitrogens is 4. The highest BCUT2D eigenvalue weighted by Gasteiger charge is 2.60.